The lowest BCUT2D eigenvalue weighted by Gasteiger charge is -2.08. The lowest BCUT2D eigenvalue weighted by molar-refractivity contribution is -0.383. The van der Waals surface area contributed by atoms with Crippen LogP contribution in [-0.2, 0) is 6.54 Å². The first-order valence-electron chi connectivity index (χ1n) is 6.32. The van der Waals surface area contributed by atoms with E-state index in [0.717, 1.165) is 22.5 Å². The highest BCUT2D eigenvalue weighted by Crippen LogP contribution is 2.30. The van der Waals surface area contributed by atoms with Crippen LogP contribution in [0.25, 0.3) is 10.8 Å². The second-order valence-corrected chi connectivity index (χ2v) is 4.59. The number of anilines is 1. The monoisotopic (exact) mass is 284 g/mol. The van der Waals surface area contributed by atoms with E-state index in [1.165, 1.54) is 12.3 Å². The number of hydrogen-bond donors (Lipinski definition) is 1. The molecule has 3 aromatic rings. The molecule has 1 aromatic carbocycles. The van der Waals surface area contributed by atoms with Crippen molar-refractivity contribution in [3.05, 3.63) is 58.2 Å². The maximum atomic E-state index is 11.0. The molecule has 0 atom stereocenters. The van der Waals surface area contributed by atoms with E-state index in [0.29, 0.717) is 11.9 Å². The van der Waals surface area contributed by atoms with Crippen molar-refractivity contribution in [2.24, 2.45) is 0 Å². The van der Waals surface area contributed by atoms with Crippen LogP contribution in [-0.4, -0.2) is 15.1 Å². The van der Waals surface area contributed by atoms with E-state index in [1.54, 1.807) is 18.3 Å². The first-order chi connectivity index (χ1) is 10.1. The molecular weight excluding hydrogens is 272 g/mol. The summed E-state index contributed by atoms with van der Waals surface area (Å²) < 4.78 is 5.00. The summed E-state index contributed by atoms with van der Waals surface area (Å²) >= 11 is 0. The zero-order valence-electron chi connectivity index (χ0n) is 11.2. The molecule has 1 N–H and O–H groups in total. The maximum Gasteiger partial charge on any atom is 0.278 e. The molecule has 0 spiro atoms. The van der Waals surface area contributed by atoms with E-state index in [2.05, 4.69) is 15.5 Å². The number of nitrogens with zero attached hydrogens (tertiary/aromatic N) is 3. The number of aryl methyl sites for hydroxylation is 1. The van der Waals surface area contributed by atoms with Gasteiger partial charge in [-0.1, -0.05) is 5.16 Å². The Morgan fingerprint density at radius 3 is 2.90 bits per heavy atom. The van der Waals surface area contributed by atoms with E-state index < -0.39 is 4.92 Å². The smallest absolute Gasteiger partial charge is 0.278 e. The van der Waals surface area contributed by atoms with Crippen molar-refractivity contribution in [1.82, 2.24) is 10.1 Å². The number of fused-ring (bicyclic) bond motifs is 1. The molecule has 3 rings (SSSR count). The lowest BCUT2D eigenvalue weighted by atomic mass is 10.1. The Kier molecular flexibility index (Phi) is 3.23. The highest BCUT2D eigenvalue weighted by molar-refractivity contribution is 5.99. The van der Waals surface area contributed by atoms with Crippen molar-refractivity contribution in [3.63, 3.8) is 0 Å². The Morgan fingerprint density at radius 1 is 1.33 bits per heavy atom. The Hall–Kier alpha value is -2.96. The highest BCUT2D eigenvalue weighted by Gasteiger charge is 2.14. The molecule has 0 saturated carbocycles. The molecule has 0 unspecified atom stereocenters. The zero-order chi connectivity index (χ0) is 14.8. The molecule has 0 fully saturated rings. The molecule has 0 amide bonds. The van der Waals surface area contributed by atoms with Gasteiger partial charge in [0, 0.05) is 35.6 Å². The molecule has 7 heteroatoms. The summed E-state index contributed by atoms with van der Waals surface area (Å²) in [5.74, 6) is 0.740. The molecule has 2 aromatic heterocycles. The third-order valence-corrected chi connectivity index (χ3v) is 3.13. The van der Waals surface area contributed by atoms with Crippen molar-refractivity contribution in [1.29, 1.82) is 0 Å². The topological polar surface area (TPSA) is 94.1 Å². The van der Waals surface area contributed by atoms with Gasteiger partial charge in [0.15, 0.2) is 0 Å². The van der Waals surface area contributed by atoms with Crippen LogP contribution in [0, 0.1) is 17.0 Å². The number of rotatable bonds is 4. The van der Waals surface area contributed by atoms with Gasteiger partial charge in [0.1, 0.15) is 11.5 Å². The summed E-state index contributed by atoms with van der Waals surface area (Å²) in [7, 11) is 0. The highest BCUT2D eigenvalue weighted by atomic mass is 16.6. The summed E-state index contributed by atoms with van der Waals surface area (Å²) in [5, 5.41) is 19.4. The van der Waals surface area contributed by atoms with Gasteiger partial charge in [-0.05, 0) is 19.1 Å². The van der Waals surface area contributed by atoms with Gasteiger partial charge in [0.05, 0.1) is 16.9 Å². The van der Waals surface area contributed by atoms with E-state index >= 15 is 0 Å². The molecule has 0 aliphatic heterocycles. The fraction of sp³-hybridized carbons (Fsp3) is 0.143. The van der Waals surface area contributed by atoms with Crippen LogP contribution in [0.5, 0.6) is 0 Å². The summed E-state index contributed by atoms with van der Waals surface area (Å²) in [6.45, 7) is 2.30. The fourth-order valence-electron chi connectivity index (χ4n) is 2.18. The van der Waals surface area contributed by atoms with Crippen molar-refractivity contribution >= 4 is 22.1 Å². The second-order valence-electron chi connectivity index (χ2n) is 4.59. The maximum absolute atomic E-state index is 11.0. The van der Waals surface area contributed by atoms with E-state index in [4.69, 9.17) is 4.52 Å². The molecule has 0 aliphatic carbocycles. The van der Waals surface area contributed by atoms with E-state index in [9.17, 15) is 10.1 Å². The minimum atomic E-state index is -0.408. The van der Waals surface area contributed by atoms with Gasteiger partial charge in [0.2, 0.25) is 0 Å². The first kappa shape index (κ1) is 13.0. The van der Waals surface area contributed by atoms with Crippen LogP contribution in [0.15, 0.2) is 41.2 Å². The van der Waals surface area contributed by atoms with Gasteiger partial charge >= 0.3 is 0 Å². The van der Waals surface area contributed by atoms with Gasteiger partial charge < -0.3 is 9.84 Å². The predicted molar refractivity (Wildman–Crippen MR) is 77.0 cm³/mol. The number of nitrogens with one attached hydrogen (secondary N) is 1. The molecule has 106 valence electrons. The quantitative estimate of drug-likeness (QED) is 0.584. The average Bonchev–Trinajstić information content (AvgIpc) is 2.90. The Balaban J connectivity index is 1.96. The standard InChI is InChI=1S/C14H12N4O3/c1-9-6-10(17-21-9)7-16-13-2-3-14(18(19)20)12-8-15-5-4-11(12)13/h2-6,8,16H,7H2,1H3. The minimum Gasteiger partial charge on any atom is -0.379 e. The summed E-state index contributed by atoms with van der Waals surface area (Å²) in [6, 6.07) is 6.74. The van der Waals surface area contributed by atoms with Crippen molar-refractivity contribution in [2.45, 2.75) is 13.5 Å². The SMILES string of the molecule is Cc1cc(CNc2ccc([N+](=O)[O-])c3cnccc23)no1. The van der Waals surface area contributed by atoms with Crippen LogP contribution in [0.4, 0.5) is 11.4 Å². The number of pyridine rings is 1. The molecule has 0 bridgehead atoms. The van der Waals surface area contributed by atoms with Crippen LogP contribution in [0.2, 0.25) is 0 Å². The van der Waals surface area contributed by atoms with Crippen molar-refractivity contribution in [3.8, 4) is 0 Å². The third kappa shape index (κ3) is 2.53. The normalized spacial score (nSPS) is 10.7. The number of nitro benzene ring substituents is 1. The second kappa shape index (κ2) is 5.20. The lowest BCUT2D eigenvalue weighted by Crippen LogP contribution is -2.01. The fourth-order valence-corrected chi connectivity index (χ4v) is 2.18. The number of benzene rings is 1. The number of aromatic nitrogens is 2. The molecule has 0 aliphatic rings. The van der Waals surface area contributed by atoms with Crippen LogP contribution in [0.3, 0.4) is 0 Å². The predicted octanol–water partition coefficient (Wildman–Crippen LogP) is 3.05. The zero-order valence-corrected chi connectivity index (χ0v) is 11.2. The Morgan fingerprint density at radius 2 is 2.19 bits per heavy atom. The number of hydrogen-bond acceptors (Lipinski definition) is 6. The van der Waals surface area contributed by atoms with Crippen molar-refractivity contribution in [2.75, 3.05) is 5.32 Å². The summed E-state index contributed by atoms with van der Waals surface area (Å²) in [6.07, 6.45) is 3.11. The third-order valence-electron chi connectivity index (χ3n) is 3.13. The largest absolute Gasteiger partial charge is 0.379 e. The molecule has 2 heterocycles. The van der Waals surface area contributed by atoms with E-state index in [-0.39, 0.29) is 5.69 Å². The van der Waals surface area contributed by atoms with Gasteiger partial charge in [-0.15, -0.1) is 0 Å². The molecular formula is C14H12N4O3. The number of non-ortho nitro benzene ring substituents is 1. The van der Waals surface area contributed by atoms with Crippen LogP contribution in [0.1, 0.15) is 11.5 Å². The molecule has 0 saturated heterocycles. The molecule has 0 radical (unpaired) electrons. The van der Waals surface area contributed by atoms with Crippen LogP contribution >= 0.6 is 0 Å². The first-order valence-corrected chi connectivity index (χ1v) is 6.32. The molecule has 7 nitrogen and oxygen atoms in total. The summed E-state index contributed by atoms with van der Waals surface area (Å²) in [4.78, 5) is 14.6. The van der Waals surface area contributed by atoms with Gasteiger partial charge in [0.25, 0.3) is 5.69 Å². The number of nitro groups is 1. The average molecular weight is 284 g/mol. The Bertz CT molecular complexity index is 813. The minimum absolute atomic E-state index is 0.0425. The van der Waals surface area contributed by atoms with Crippen LogP contribution < -0.4 is 5.32 Å². The van der Waals surface area contributed by atoms with Gasteiger partial charge in [-0.25, -0.2) is 0 Å². The summed E-state index contributed by atoms with van der Waals surface area (Å²) in [5.41, 5.74) is 1.60. The van der Waals surface area contributed by atoms with Gasteiger partial charge in [-0.3, -0.25) is 15.1 Å². The van der Waals surface area contributed by atoms with Crippen molar-refractivity contribution < 1.29 is 9.45 Å². The Labute approximate surface area is 119 Å². The van der Waals surface area contributed by atoms with E-state index in [1.807, 2.05) is 13.0 Å². The molecule has 21 heavy (non-hydrogen) atoms. The van der Waals surface area contributed by atoms with Gasteiger partial charge in [-0.2, -0.15) is 0 Å².